The highest BCUT2D eigenvalue weighted by atomic mass is 16.3. The lowest BCUT2D eigenvalue weighted by Gasteiger charge is -2.21. The average Bonchev–Trinajstić information content (AvgIpc) is 2.80. The fraction of sp³-hybridized carbons (Fsp3) is 0.429. The second-order valence-electron chi connectivity index (χ2n) is 5.21. The normalized spacial score (nSPS) is 12.4. The van der Waals surface area contributed by atoms with Crippen LogP contribution in [0.4, 0.5) is 0 Å². The number of carbonyl (C=O) groups excluding carboxylic acids is 1. The second kappa shape index (κ2) is 5.90. The van der Waals surface area contributed by atoms with E-state index in [1.54, 1.807) is 18.7 Å². The molecule has 112 valence electrons. The summed E-state index contributed by atoms with van der Waals surface area (Å²) in [4.78, 5) is 27.9. The van der Waals surface area contributed by atoms with Gasteiger partial charge in [-0.15, -0.1) is 0 Å². The number of carbonyl (C=O) groups is 1. The molecule has 0 aliphatic rings. The fourth-order valence-corrected chi connectivity index (χ4v) is 2.04. The van der Waals surface area contributed by atoms with Crippen LogP contribution < -0.4 is 10.7 Å². The largest absolute Gasteiger partial charge is 0.456 e. The van der Waals surface area contributed by atoms with E-state index in [0.29, 0.717) is 11.6 Å². The second-order valence-corrected chi connectivity index (χ2v) is 5.21. The molecule has 1 unspecified atom stereocenters. The smallest absolute Gasteiger partial charge is 0.287 e. The third-order valence-electron chi connectivity index (χ3n) is 3.09. The van der Waals surface area contributed by atoms with E-state index in [1.165, 1.54) is 18.5 Å². The van der Waals surface area contributed by atoms with Crippen LogP contribution in [0.1, 0.15) is 42.0 Å². The molecular weight excluding hydrogens is 272 g/mol. The van der Waals surface area contributed by atoms with Gasteiger partial charge in [-0.05, 0) is 12.8 Å². The summed E-state index contributed by atoms with van der Waals surface area (Å²) in [6.45, 7) is 5.55. The van der Waals surface area contributed by atoms with Crippen molar-refractivity contribution in [3.05, 3.63) is 46.0 Å². The van der Waals surface area contributed by atoms with Crippen LogP contribution in [0.15, 0.2) is 27.7 Å². The van der Waals surface area contributed by atoms with E-state index in [-0.39, 0.29) is 23.1 Å². The van der Waals surface area contributed by atoms with Gasteiger partial charge in [0.2, 0.25) is 0 Å². The van der Waals surface area contributed by atoms with Crippen molar-refractivity contribution in [2.75, 3.05) is 0 Å². The van der Waals surface area contributed by atoms with E-state index in [1.807, 2.05) is 13.8 Å². The molecule has 1 amide bonds. The van der Waals surface area contributed by atoms with Crippen molar-refractivity contribution in [1.82, 2.24) is 20.1 Å². The lowest BCUT2D eigenvalue weighted by atomic mass is 10.0. The Hall–Kier alpha value is -2.44. The number of nitrogens with one attached hydrogen (secondary N) is 1. The van der Waals surface area contributed by atoms with Gasteiger partial charge in [-0.25, -0.2) is 4.98 Å². The van der Waals surface area contributed by atoms with E-state index in [0.717, 1.165) is 0 Å². The molecule has 0 aliphatic carbocycles. The number of aromatic nitrogens is 3. The molecule has 0 bridgehead atoms. The van der Waals surface area contributed by atoms with Gasteiger partial charge < -0.3 is 9.73 Å². The zero-order chi connectivity index (χ0) is 15.6. The van der Waals surface area contributed by atoms with Gasteiger partial charge in [0, 0.05) is 19.2 Å². The van der Waals surface area contributed by atoms with Gasteiger partial charge in [0.1, 0.15) is 17.9 Å². The molecule has 2 aromatic heterocycles. The zero-order valence-electron chi connectivity index (χ0n) is 12.5. The summed E-state index contributed by atoms with van der Waals surface area (Å²) in [6, 6.07) is 2.19. The van der Waals surface area contributed by atoms with Crippen molar-refractivity contribution in [2.45, 2.75) is 26.8 Å². The van der Waals surface area contributed by atoms with Crippen LogP contribution in [0.25, 0.3) is 0 Å². The molecule has 21 heavy (non-hydrogen) atoms. The fourth-order valence-electron chi connectivity index (χ4n) is 2.04. The number of hydrogen-bond acceptors (Lipinski definition) is 5. The summed E-state index contributed by atoms with van der Waals surface area (Å²) < 4.78 is 6.90. The highest BCUT2D eigenvalue weighted by Crippen LogP contribution is 2.19. The van der Waals surface area contributed by atoms with Crippen LogP contribution >= 0.6 is 0 Å². The van der Waals surface area contributed by atoms with E-state index < -0.39 is 5.91 Å². The Balaban J connectivity index is 2.27. The highest BCUT2D eigenvalue weighted by Gasteiger charge is 2.24. The summed E-state index contributed by atoms with van der Waals surface area (Å²) in [5.74, 6) is 0.694. The Bertz CT molecular complexity index is 702. The number of rotatable bonds is 4. The number of amides is 1. The third kappa shape index (κ3) is 3.36. The van der Waals surface area contributed by atoms with Gasteiger partial charge >= 0.3 is 0 Å². The van der Waals surface area contributed by atoms with Gasteiger partial charge in [-0.3, -0.25) is 14.3 Å². The van der Waals surface area contributed by atoms with Gasteiger partial charge in [0.05, 0.1) is 6.04 Å². The van der Waals surface area contributed by atoms with Gasteiger partial charge in [0.25, 0.3) is 5.91 Å². The third-order valence-corrected chi connectivity index (χ3v) is 3.09. The summed E-state index contributed by atoms with van der Waals surface area (Å²) in [7, 11) is 1.76. The minimum absolute atomic E-state index is 0.00665. The first kappa shape index (κ1) is 15.0. The van der Waals surface area contributed by atoms with Gasteiger partial charge in [-0.1, -0.05) is 13.8 Å². The van der Waals surface area contributed by atoms with Crippen molar-refractivity contribution < 1.29 is 9.21 Å². The molecule has 0 aliphatic heterocycles. The first-order chi connectivity index (χ1) is 9.88. The molecule has 0 aromatic carbocycles. The lowest BCUT2D eigenvalue weighted by Crippen LogP contribution is -2.34. The van der Waals surface area contributed by atoms with E-state index in [4.69, 9.17) is 4.42 Å². The van der Waals surface area contributed by atoms with Crippen molar-refractivity contribution in [2.24, 2.45) is 13.0 Å². The molecule has 0 fully saturated rings. The predicted octanol–water partition coefficient (Wildman–Crippen LogP) is 1.20. The first-order valence-electron chi connectivity index (χ1n) is 6.65. The maximum Gasteiger partial charge on any atom is 0.287 e. The topological polar surface area (TPSA) is 90.0 Å². The molecule has 7 heteroatoms. The van der Waals surface area contributed by atoms with Gasteiger partial charge in [0.15, 0.2) is 11.2 Å². The van der Waals surface area contributed by atoms with Gasteiger partial charge in [-0.2, -0.15) is 5.10 Å². The Morgan fingerprint density at radius 3 is 2.62 bits per heavy atom. The van der Waals surface area contributed by atoms with Crippen LogP contribution in [-0.4, -0.2) is 20.7 Å². The van der Waals surface area contributed by atoms with Crippen molar-refractivity contribution in [3.63, 3.8) is 0 Å². The maximum atomic E-state index is 12.3. The summed E-state index contributed by atoms with van der Waals surface area (Å²) >= 11 is 0. The molecule has 2 heterocycles. The Morgan fingerprint density at radius 2 is 2.10 bits per heavy atom. The Morgan fingerprint density at radius 1 is 1.38 bits per heavy atom. The maximum absolute atomic E-state index is 12.3. The SMILES string of the molecule is Cc1cc(=O)cc(C(=O)NC(c2ncnn2C)C(C)C)o1. The van der Waals surface area contributed by atoms with Crippen molar-refractivity contribution in [1.29, 1.82) is 0 Å². The quantitative estimate of drug-likeness (QED) is 0.914. The first-order valence-corrected chi connectivity index (χ1v) is 6.65. The van der Waals surface area contributed by atoms with E-state index in [9.17, 15) is 9.59 Å². The summed E-state index contributed by atoms with van der Waals surface area (Å²) in [5.41, 5.74) is -0.261. The molecule has 0 spiro atoms. The minimum atomic E-state index is -0.447. The van der Waals surface area contributed by atoms with Crippen LogP contribution in [0.5, 0.6) is 0 Å². The van der Waals surface area contributed by atoms with E-state index >= 15 is 0 Å². The number of hydrogen-bond donors (Lipinski definition) is 1. The molecule has 0 radical (unpaired) electrons. The lowest BCUT2D eigenvalue weighted by molar-refractivity contribution is 0.0889. The average molecular weight is 290 g/mol. The van der Waals surface area contributed by atoms with E-state index in [2.05, 4.69) is 15.4 Å². The van der Waals surface area contributed by atoms with Crippen LogP contribution in [-0.2, 0) is 7.05 Å². The predicted molar refractivity (Wildman–Crippen MR) is 75.8 cm³/mol. The Kier molecular flexibility index (Phi) is 4.21. The molecule has 2 rings (SSSR count). The molecule has 7 nitrogen and oxygen atoms in total. The molecule has 2 aromatic rings. The summed E-state index contributed by atoms with van der Waals surface area (Å²) in [5, 5.41) is 6.84. The van der Waals surface area contributed by atoms with Crippen LogP contribution in [0.3, 0.4) is 0 Å². The minimum Gasteiger partial charge on any atom is -0.456 e. The van der Waals surface area contributed by atoms with Crippen LogP contribution in [0, 0.1) is 12.8 Å². The standard InChI is InChI=1S/C14H18N4O3/c1-8(2)12(13-15-7-16-18(13)4)17-14(20)11-6-10(19)5-9(3)21-11/h5-8,12H,1-4H3,(H,17,20). The van der Waals surface area contributed by atoms with Crippen LogP contribution in [0.2, 0.25) is 0 Å². The molecule has 0 saturated carbocycles. The molecule has 0 saturated heterocycles. The Labute approximate surface area is 122 Å². The van der Waals surface area contributed by atoms with Crippen molar-refractivity contribution in [3.8, 4) is 0 Å². The van der Waals surface area contributed by atoms with Crippen molar-refractivity contribution >= 4 is 5.91 Å². The molecule has 1 atom stereocenters. The molecule has 1 N–H and O–H groups in total. The zero-order valence-corrected chi connectivity index (χ0v) is 12.5. The summed E-state index contributed by atoms with van der Waals surface area (Å²) in [6.07, 6.45) is 1.43. The highest BCUT2D eigenvalue weighted by molar-refractivity contribution is 5.91. The molecular formula is C14H18N4O3. The number of aryl methyl sites for hydroxylation is 2. The number of nitrogens with zero attached hydrogens (tertiary/aromatic N) is 3. The monoisotopic (exact) mass is 290 g/mol.